The predicted molar refractivity (Wildman–Crippen MR) is 104 cm³/mol. The van der Waals surface area contributed by atoms with E-state index >= 15 is 0 Å². The second-order valence-corrected chi connectivity index (χ2v) is 7.87. The summed E-state index contributed by atoms with van der Waals surface area (Å²) in [6.07, 6.45) is 7.94. The number of hydrogen-bond acceptors (Lipinski definition) is 6. The Morgan fingerprint density at radius 2 is 2.15 bits per heavy atom. The maximum Gasteiger partial charge on any atom is 0.262 e. The zero-order chi connectivity index (χ0) is 18.4. The van der Waals surface area contributed by atoms with Crippen molar-refractivity contribution >= 4 is 34.5 Å². The molecule has 9 heteroatoms. The van der Waals surface area contributed by atoms with Crippen molar-refractivity contribution in [2.45, 2.75) is 19.9 Å². The number of amides is 1. The number of carbonyl (C=O) groups excluding carboxylic acids is 1. The van der Waals surface area contributed by atoms with Crippen LogP contribution < -0.4 is 4.90 Å². The fourth-order valence-electron chi connectivity index (χ4n) is 3.64. The van der Waals surface area contributed by atoms with E-state index < -0.39 is 0 Å². The first-order chi connectivity index (χ1) is 13.2. The van der Waals surface area contributed by atoms with E-state index in [1.54, 1.807) is 24.4 Å². The molecule has 5 heterocycles. The molecule has 0 saturated carbocycles. The first-order valence-corrected chi connectivity index (χ1v) is 9.89. The van der Waals surface area contributed by atoms with Gasteiger partial charge in [0, 0.05) is 37.7 Å². The van der Waals surface area contributed by atoms with Crippen LogP contribution in [0.15, 0.2) is 30.0 Å². The predicted octanol–water partition coefficient (Wildman–Crippen LogP) is 1.97. The van der Waals surface area contributed by atoms with Crippen LogP contribution in [0.1, 0.15) is 17.0 Å². The van der Waals surface area contributed by atoms with E-state index in [4.69, 9.17) is 0 Å². The van der Waals surface area contributed by atoms with E-state index in [0.29, 0.717) is 13.1 Å². The van der Waals surface area contributed by atoms with Gasteiger partial charge in [-0.05, 0) is 12.5 Å². The van der Waals surface area contributed by atoms with Crippen LogP contribution in [0.5, 0.6) is 0 Å². The highest BCUT2D eigenvalue weighted by molar-refractivity contribution is 8.04. The molecule has 2 N–H and O–H groups in total. The number of aromatic nitrogens is 5. The van der Waals surface area contributed by atoms with Gasteiger partial charge in [0.1, 0.15) is 17.8 Å². The van der Waals surface area contributed by atoms with Gasteiger partial charge in [0.25, 0.3) is 5.91 Å². The number of imidazole rings is 1. The van der Waals surface area contributed by atoms with Crippen molar-refractivity contribution in [2.75, 3.05) is 23.7 Å². The first kappa shape index (κ1) is 16.4. The molecule has 0 aromatic carbocycles. The van der Waals surface area contributed by atoms with Gasteiger partial charge in [-0.2, -0.15) is 0 Å². The summed E-state index contributed by atoms with van der Waals surface area (Å²) in [6, 6.07) is 0. The normalized spacial score (nSPS) is 17.1. The molecule has 2 aliphatic rings. The number of H-pyrrole nitrogens is 2. The molecule has 0 radical (unpaired) electrons. The Balaban J connectivity index is 1.44. The summed E-state index contributed by atoms with van der Waals surface area (Å²) in [7, 11) is 0. The number of nitrogens with one attached hydrogen (secondary N) is 2. The summed E-state index contributed by atoms with van der Waals surface area (Å²) in [5.41, 5.74) is 4.02. The number of fused-ring (bicyclic) bond motifs is 2. The Bertz CT molecular complexity index is 1050. The summed E-state index contributed by atoms with van der Waals surface area (Å²) in [6.45, 7) is 4.13. The molecular formula is C18H19N7OS. The van der Waals surface area contributed by atoms with Crippen molar-refractivity contribution in [1.29, 1.82) is 0 Å². The molecule has 3 aromatic heterocycles. The summed E-state index contributed by atoms with van der Waals surface area (Å²) in [4.78, 5) is 37.2. The van der Waals surface area contributed by atoms with E-state index in [0.717, 1.165) is 57.4 Å². The van der Waals surface area contributed by atoms with Gasteiger partial charge in [-0.3, -0.25) is 4.79 Å². The Morgan fingerprint density at radius 3 is 3.07 bits per heavy atom. The maximum atomic E-state index is 13.1. The molecule has 0 atom stereocenters. The van der Waals surface area contributed by atoms with Gasteiger partial charge in [-0.25, -0.2) is 15.0 Å². The number of thioether (sulfide) groups is 1. The van der Waals surface area contributed by atoms with Gasteiger partial charge in [-0.1, -0.05) is 0 Å². The highest BCUT2D eigenvalue weighted by Crippen LogP contribution is 2.32. The van der Waals surface area contributed by atoms with Crippen molar-refractivity contribution in [3.8, 4) is 0 Å². The minimum Gasteiger partial charge on any atom is -0.347 e. The molecule has 1 amide bonds. The minimum atomic E-state index is 0.0704. The average Bonchev–Trinajstić information content (AvgIpc) is 3.33. The lowest BCUT2D eigenvalue weighted by Gasteiger charge is -2.30. The zero-order valence-corrected chi connectivity index (χ0v) is 15.7. The second kappa shape index (κ2) is 6.41. The SMILES string of the molecule is Cc1c[nH]c2ncnc(N3C=C(C(=O)N4CCc5nc[nH]c5C4)SCC3)c12. The van der Waals surface area contributed by atoms with Crippen molar-refractivity contribution in [1.82, 2.24) is 29.8 Å². The number of nitrogens with zero attached hydrogens (tertiary/aromatic N) is 5. The number of aromatic amines is 2. The van der Waals surface area contributed by atoms with Crippen LogP contribution in [-0.2, 0) is 17.8 Å². The van der Waals surface area contributed by atoms with E-state index in [9.17, 15) is 4.79 Å². The Labute approximate surface area is 160 Å². The van der Waals surface area contributed by atoms with E-state index in [1.165, 1.54) is 0 Å². The number of aryl methyl sites for hydroxylation is 1. The summed E-state index contributed by atoms with van der Waals surface area (Å²) in [5, 5.41) is 1.01. The highest BCUT2D eigenvalue weighted by Gasteiger charge is 2.28. The topological polar surface area (TPSA) is 93.8 Å². The van der Waals surface area contributed by atoms with E-state index in [1.807, 2.05) is 24.2 Å². The Morgan fingerprint density at radius 1 is 1.22 bits per heavy atom. The lowest BCUT2D eigenvalue weighted by atomic mass is 10.1. The Kier molecular flexibility index (Phi) is 3.89. The number of carbonyl (C=O) groups is 1. The molecule has 2 aliphatic heterocycles. The standard InChI is InChI=1S/C18H19N7OS/c1-11-6-19-16-15(11)17(23-10-22-16)24-4-5-27-14(8-24)18(26)25-3-2-12-13(7-25)21-9-20-12/h6,8-10H,2-5,7H2,1H3,(H,20,21)(H,19,22,23). The van der Waals surface area contributed by atoms with E-state index in [-0.39, 0.29) is 5.91 Å². The maximum absolute atomic E-state index is 13.1. The van der Waals surface area contributed by atoms with Crippen LogP contribution in [0, 0.1) is 6.92 Å². The van der Waals surface area contributed by atoms with Gasteiger partial charge in [0.15, 0.2) is 0 Å². The molecular weight excluding hydrogens is 362 g/mol. The molecule has 3 aromatic rings. The summed E-state index contributed by atoms with van der Waals surface area (Å²) >= 11 is 1.61. The molecule has 0 aliphatic carbocycles. The molecule has 5 rings (SSSR count). The summed E-state index contributed by atoms with van der Waals surface area (Å²) < 4.78 is 0. The van der Waals surface area contributed by atoms with Crippen LogP contribution in [0.2, 0.25) is 0 Å². The van der Waals surface area contributed by atoms with Gasteiger partial charge >= 0.3 is 0 Å². The second-order valence-electron chi connectivity index (χ2n) is 6.73. The molecule has 27 heavy (non-hydrogen) atoms. The van der Waals surface area contributed by atoms with Gasteiger partial charge in [0.05, 0.1) is 34.6 Å². The van der Waals surface area contributed by atoms with Gasteiger partial charge < -0.3 is 19.8 Å². The molecule has 0 spiro atoms. The lowest BCUT2D eigenvalue weighted by molar-refractivity contribution is -0.127. The molecule has 0 saturated heterocycles. The van der Waals surface area contributed by atoms with E-state index in [2.05, 4.69) is 29.8 Å². The first-order valence-electron chi connectivity index (χ1n) is 8.91. The Hall–Kier alpha value is -2.81. The largest absolute Gasteiger partial charge is 0.347 e. The molecule has 8 nitrogen and oxygen atoms in total. The fraction of sp³-hybridized carbons (Fsp3) is 0.333. The van der Waals surface area contributed by atoms with Gasteiger partial charge in [0.2, 0.25) is 0 Å². The number of hydrogen-bond donors (Lipinski definition) is 2. The third-order valence-corrected chi connectivity index (χ3v) is 6.03. The highest BCUT2D eigenvalue weighted by atomic mass is 32.2. The quantitative estimate of drug-likeness (QED) is 0.705. The zero-order valence-electron chi connectivity index (χ0n) is 14.9. The number of anilines is 1. The van der Waals surface area contributed by atoms with Crippen LogP contribution in [-0.4, -0.2) is 54.6 Å². The molecule has 0 bridgehead atoms. The lowest BCUT2D eigenvalue weighted by Crippen LogP contribution is -2.38. The summed E-state index contributed by atoms with van der Waals surface area (Å²) in [5.74, 6) is 1.76. The molecule has 0 unspecified atom stereocenters. The van der Waals surface area contributed by atoms with Crippen molar-refractivity contribution < 1.29 is 4.79 Å². The third-order valence-electron chi connectivity index (χ3n) is 5.05. The molecule has 138 valence electrons. The van der Waals surface area contributed by atoms with Crippen LogP contribution in [0.25, 0.3) is 11.0 Å². The van der Waals surface area contributed by atoms with Gasteiger partial charge in [-0.15, -0.1) is 11.8 Å². The molecule has 0 fully saturated rings. The minimum absolute atomic E-state index is 0.0704. The van der Waals surface area contributed by atoms with Crippen molar-refractivity contribution in [2.24, 2.45) is 0 Å². The number of rotatable bonds is 2. The fourth-order valence-corrected chi connectivity index (χ4v) is 4.60. The van der Waals surface area contributed by atoms with Crippen molar-refractivity contribution in [3.05, 3.63) is 46.9 Å². The van der Waals surface area contributed by atoms with Crippen molar-refractivity contribution in [3.63, 3.8) is 0 Å². The van der Waals surface area contributed by atoms with Crippen LogP contribution in [0.4, 0.5) is 5.82 Å². The van der Waals surface area contributed by atoms with Crippen LogP contribution in [0.3, 0.4) is 0 Å². The third kappa shape index (κ3) is 2.78. The van der Waals surface area contributed by atoms with Crippen LogP contribution >= 0.6 is 11.8 Å². The smallest absolute Gasteiger partial charge is 0.262 e. The average molecular weight is 381 g/mol. The monoisotopic (exact) mass is 381 g/mol.